The van der Waals surface area contributed by atoms with Crippen LogP contribution in [0.25, 0.3) is 0 Å². The molecule has 0 spiro atoms. The summed E-state index contributed by atoms with van der Waals surface area (Å²) in [7, 11) is 0. The van der Waals surface area contributed by atoms with Gasteiger partial charge >= 0.3 is 0 Å². The molecule has 1 aromatic rings. The Morgan fingerprint density at radius 2 is 2.19 bits per heavy atom. The molecule has 2 N–H and O–H groups in total. The second kappa shape index (κ2) is 6.74. The zero-order valence-electron chi connectivity index (χ0n) is 9.30. The Bertz CT molecular complexity index is 337. The van der Waals surface area contributed by atoms with Gasteiger partial charge < -0.3 is 10.6 Å². The summed E-state index contributed by atoms with van der Waals surface area (Å²) in [5.74, 6) is 0.0548. The minimum absolute atomic E-state index is 0.0548. The molecule has 4 heteroatoms. The molecule has 86 valence electrons. The van der Waals surface area contributed by atoms with E-state index in [1.165, 1.54) is 0 Å². The number of hydrogen-bond donors (Lipinski definition) is 1. The summed E-state index contributed by atoms with van der Waals surface area (Å²) >= 11 is 0. The summed E-state index contributed by atoms with van der Waals surface area (Å²) in [5.41, 5.74) is 6.43. The number of carbonyl (C=O) groups is 1. The van der Waals surface area contributed by atoms with E-state index in [9.17, 15) is 4.79 Å². The Balaban J connectivity index is 2.64. The quantitative estimate of drug-likeness (QED) is 0.724. The van der Waals surface area contributed by atoms with Crippen molar-refractivity contribution in [3.63, 3.8) is 0 Å². The van der Waals surface area contributed by atoms with Crippen molar-refractivity contribution in [1.82, 2.24) is 9.88 Å². The Kier molecular flexibility index (Phi) is 5.22. The molecule has 0 aliphatic carbocycles. The molecule has 1 aromatic heterocycles. The Labute approximate surface area is 95.8 Å². The van der Waals surface area contributed by atoms with Crippen molar-refractivity contribution in [1.29, 1.82) is 0 Å². The highest BCUT2D eigenvalue weighted by Crippen LogP contribution is 2.04. The molecule has 0 aliphatic heterocycles. The summed E-state index contributed by atoms with van der Waals surface area (Å²) in [6, 6.07) is 3.79. The fourth-order valence-corrected chi connectivity index (χ4v) is 1.40. The number of rotatable bonds is 6. The molecule has 0 bridgehead atoms. The summed E-state index contributed by atoms with van der Waals surface area (Å²) in [5, 5.41) is 0. The molecule has 1 amide bonds. The number of nitrogens with zero attached hydrogens (tertiary/aromatic N) is 2. The molecule has 0 atom stereocenters. The lowest BCUT2D eigenvalue weighted by Crippen LogP contribution is -2.32. The number of hydrogen-bond acceptors (Lipinski definition) is 3. The van der Waals surface area contributed by atoms with Gasteiger partial charge in [0.1, 0.15) is 0 Å². The Hall–Kier alpha value is -1.68. The van der Waals surface area contributed by atoms with Crippen LogP contribution in [-0.4, -0.2) is 28.9 Å². The molecule has 4 nitrogen and oxygen atoms in total. The van der Waals surface area contributed by atoms with Crippen LogP contribution >= 0.6 is 0 Å². The molecule has 1 rings (SSSR count). The zero-order chi connectivity index (χ0) is 11.8. The second-order valence-electron chi connectivity index (χ2n) is 3.46. The van der Waals surface area contributed by atoms with Crippen molar-refractivity contribution < 1.29 is 4.79 Å². The van der Waals surface area contributed by atoms with Crippen molar-refractivity contribution in [2.45, 2.75) is 13.0 Å². The second-order valence-corrected chi connectivity index (χ2v) is 3.46. The van der Waals surface area contributed by atoms with E-state index < -0.39 is 0 Å². The van der Waals surface area contributed by atoms with Crippen LogP contribution in [-0.2, 0) is 11.3 Å². The molecular weight excluding hydrogens is 202 g/mol. The normalized spacial score (nSPS) is 9.81. The van der Waals surface area contributed by atoms with Gasteiger partial charge in [-0.2, -0.15) is 0 Å². The van der Waals surface area contributed by atoms with Crippen molar-refractivity contribution in [3.05, 3.63) is 42.7 Å². The van der Waals surface area contributed by atoms with Gasteiger partial charge in [0.25, 0.3) is 0 Å². The first-order valence-electron chi connectivity index (χ1n) is 5.25. The van der Waals surface area contributed by atoms with Gasteiger partial charge in [0.2, 0.25) is 5.91 Å². The minimum Gasteiger partial charge on any atom is -0.335 e. The molecule has 0 unspecified atom stereocenters. The highest BCUT2D eigenvalue weighted by molar-refractivity contribution is 5.76. The van der Waals surface area contributed by atoms with Gasteiger partial charge in [-0.3, -0.25) is 9.78 Å². The third-order valence-corrected chi connectivity index (χ3v) is 2.18. The van der Waals surface area contributed by atoms with E-state index in [-0.39, 0.29) is 5.91 Å². The van der Waals surface area contributed by atoms with Crippen LogP contribution in [0, 0.1) is 0 Å². The summed E-state index contributed by atoms with van der Waals surface area (Å²) < 4.78 is 0. The highest BCUT2D eigenvalue weighted by atomic mass is 16.2. The topological polar surface area (TPSA) is 59.2 Å². The lowest BCUT2D eigenvalue weighted by atomic mass is 10.2. The lowest BCUT2D eigenvalue weighted by Gasteiger charge is -2.20. The third-order valence-electron chi connectivity index (χ3n) is 2.18. The van der Waals surface area contributed by atoms with Gasteiger partial charge in [-0.1, -0.05) is 6.08 Å². The van der Waals surface area contributed by atoms with Crippen LogP contribution < -0.4 is 5.73 Å². The first-order chi connectivity index (χ1) is 7.77. The average Bonchev–Trinajstić information content (AvgIpc) is 2.30. The summed E-state index contributed by atoms with van der Waals surface area (Å²) in [6.45, 7) is 5.14. The van der Waals surface area contributed by atoms with Crippen LogP contribution in [0.2, 0.25) is 0 Å². The predicted molar refractivity (Wildman–Crippen MR) is 63.5 cm³/mol. The fraction of sp³-hybridized carbons (Fsp3) is 0.333. The van der Waals surface area contributed by atoms with Crippen LogP contribution in [0.4, 0.5) is 0 Å². The molecule has 0 saturated carbocycles. The smallest absolute Gasteiger partial charge is 0.224 e. The first kappa shape index (κ1) is 12.4. The van der Waals surface area contributed by atoms with E-state index >= 15 is 0 Å². The van der Waals surface area contributed by atoms with E-state index in [1.54, 1.807) is 23.4 Å². The molecule has 0 aliphatic rings. The number of amides is 1. The third kappa shape index (κ3) is 3.82. The van der Waals surface area contributed by atoms with Crippen LogP contribution in [0.3, 0.4) is 0 Å². The zero-order valence-corrected chi connectivity index (χ0v) is 9.30. The van der Waals surface area contributed by atoms with Crippen molar-refractivity contribution >= 4 is 5.91 Å². The molecule has 0 fully saturated rings. The number of pyridine rings is 1. The van der Waals surface area contributed by atoms with Crippen molar-refractivity contribution in [2.75, 3.05) is 13.1 Å². The summed E-state index contributed by atoms with van der Waals surface area (Å²) in [4.78, 5) is 17.4. The van der Waals surface area contributed by atoms with Gasteiger partial charge in [0, 0.05) is 38.4 Å². The van der Waals surface area contributed by atoms with Crippen LogP contribution in [0.5, 0.6) is 0 Å². The average molecular weight is 219 g/mol. The van der Waals surface area contributed by atoms with Crippen molar-refractivity contribution in [2.24, 2.45) is 5.73 Å². The molecule has 0 aromatic carbocycles. The van der Waals surface area contributed by atoms with E-state index in [1.807, 2.05) is 12.1 Å². The molecule has 1 heterocycles. The summed E-state index contributed by atoms with van der Waals surface area (Å²) in [6.07, 6.45) is 5.53. The van der Waals surface area contributed by atoms with Gasteiger partial charge in [-0.25, -0.2) is 0 Å². The van der Waals surface area contributed by atoms with Crippen LogP contribution in [0.15, 0.2) is 37.2 Å². The largest absolute Gasteiger partial charge is 0.335 e. The van der Waals surface area contributed by atoms with Crippen molar-refractivity contribution in [3.8, 4) is 0 Å². The Morgan fingerprint density at radius 3 is 2.75 bits per heavy atom. The first-order valence-corrected chi connectivity index (χ1v) is 5.25. The standard InChI is InChI=1S/C12H17N3O/c1-2-9-15(12(16)3-6-13)10-11-4-7-14-8-5-11/h2,4-5,7-8H,1,3,6,9-10,13H2. The molecular formula is C12H17N3O. The van der Waals surface area contributed by atoms with Gasteiger partial charge in [0.05, 0.1) is 0 Å². The highest BCUT2D eigenvalue weighted by Gasteiger charge is 2.11. The SMILES string of the molecule is C=CCN(Cc1ccncc1)C(=O)CCN. The molecule has 16 heavy (non-hydrogen) atoms. The predicted octanol–water partition coefficient (Wildman–Crippen LogP) is 0.945. The van der Waals surface area contributed by atoms with E-state index in [4.69, 9.17) is 5.73 Å². The van der Waals surface area contributed by atoms with E-state index in [2.05, 4.69) is 11.6 Å². The maximum atomic E-state index is 11.7. The number of carbonyl (C=O) groups excluding carboxylic acids is 1. The Morgan fingerprint density at radius 1 is 1.50 bits per heavy atom. The maximum absolute atomic E-state index is 11.7. The minimum atomic E-state index is 0.0548. The number of nitrogens with two attached hydrogens (primary N) is 1. The number of aromatic nitrogens is 1. The van der Waals surface area contributed by atoms with Gasteiger partial charge in [-0.15, -0.1) is 6.58 Å². The van der Waals surface area contributed by atoms with Crippen LogP contribution in [0.1, 0.15) is 12.0 Å². The van der Waals surface area contributed by atoms with E-state index in [0.29, 0.717) is 26.1 Å². The van der Waals surface area contributed by atoms with Gasteiger partial charge in [0.15, 0.2) is 0 Å². The lowest BCUT2D eigenvalue weighted by molar-refractivity contribution is -0.131. The van der Waals surface area contributed by atoms with Gasteiger partial charge in [-0.05, 0) is 17.7 Å². The molecule has 0 saturated heterocycles. The maximum Gasteiger partial charge on any atom is 0.224 e. The monoisotopic (exact) mass is 219 g/mol. The van der Waals surface area contributed by atoms with E-state index in [0.717, 1.165) is 5.56 Å². The fourth-order valence-electron chi connectivity index (χ4n) is 1.40. The molecule has 0 radical (unpaired) electrons.